The molecule has 0 fully saturated rings. The van der Waals surface area contributed by atoms with Gasteiger partial charge in [0.1, 0.15) is 5.00 Å². The molecular formula is C9H10N4S. The zero-order valence-electron chi connectivity index (χ0n) is 7.77. The first-order valence-corrected chi connectivity index (χ1v) is 5.04. The molecule has 0 atom stereocenters. The van der Waals surface area contributed by atoms with Gasteiger partial charge in [0.15, 0.2) is 0 Å². The SMILES string of the molecule is Cc1ccncc1CNc1cnns1. The fourth-order valence-corrected chi connectivity index (χ4v) is 1.52. The van der Waals surface area contributed by atoms with E-state index in [1.54, 1.807) is 12.4 Å². The van der Waals surface area contributed by atoms with Crippen LogP contribution < -0.4 is 5.32 Å². The summed E-state index contributed by atoms with van der Waals surface area (Å²) in [7, 11) is 0. The number of aryl methyl sites for hydroxylation is 1. The van der Waals surface area contributed by atoms with Gasteiger partial charge in [-0.25, -0.2) is 0 Å². The molecule has 72 valence electrons. The Bertz CT molecular complexity index is 399. The number of rotatable bonds is 3. The van der Waals surface area contributed by atoms with Crippen LogP contribution in [0.3, 0.4) is 0 Å². The van der Waals surface area contributed by atoms with E-state index in [4.69, 9.17) is 0 Å². The molecule has 0 unspecified atom stereocenters. The molecule has 2 heterocycles. The number of anilines is 1. The van der Waals surface area contributed by atoms with E-state index >= 15 is 0 Å². The van der Waals surface area contributed by atoms with Crippen molar-refractivity contribution in [2.24, 2.45) is 0 Å². The topological polar surface area (TPSA) is 50.7 Å². The van der Waals surface area contributed by atoms with Gasteiger partial charge in [-0.2, -0.15) is 0 Å². The Hall–Kier alpha value is -1.49. The summed E-state index contributed by atoms with van der Waals surface area (Å²) in [5.41, 5.74) is 2.44. The van der Waals surface area contributed by atoms with Crippen LogP contribution in [0, 0.1) is 6.92 Å². The van der Waals surface area contributed by atoms with E-state index in [2.05, 4.69) is 26.8 Å². The van der Waals surface area contributed by atoms with Gasteiger partial charge in [-0.3, -0.25) is 4.98 Å². The molecule has 5 heteroatoms. The largest absolute Gasteiger partial charge is 0.370 e. The Morgan fingerprint density at radius 2 is 2.36 bits per heavy atom. The van der Waals surface area contributed by atoms with E-state index in [1.165, 1.54) is 22.7 Å². The zero-order valence-corrected chi connectivity index (χ0v) is 8.58. The number of hydrogen-bond donors (Lipinski definition) is 1. The smallest absolute Gasteiger partial charge is 0.130 e. The highest BCUT2D eigenvalue weighted by atomic mass is 32.1. The third kappa shape index (κ3) is 2.05. The van der Waals surface area contributed by atoms with Crippen molar-refractivity contribution in [2.45, 2.75) is 13.5 Å². The van der Waals surface area contributed by atoms with Gasteiger partial charge >= 0.3 is 0 Å². The normalized spacial score (nSPS) is 10.1. The Balaban J connectivity index is 2.02. The average molecular weight is 206 g/mol. The summed E-state index contributed by atoms with van der Waals surface area (Å²) in [4.78, 5) is 4.08. The molecule has 2 rings (SSSR count). The van der Waals surface area contributed by atoms with Crippen molar-refractivity contribution >= 4 is 16.5 Å². The van der Waals surface area contributed by atoms with Crippen molar-refractivity contribution in [3.05, 3.63) is 35.8 Å². The Labute approximate surface area is 86.2 Å². The molecule has 0 bridgehead atoms. The first kappa shape index (κ1) is 9.08. The van der Waals surface area contributed by atoms with Crippen molar-refractivity contribution in [2.75, 3.05) is 5.32 Å². The standard InChI is InChI=1S/C9H10N4S/c1-7-2-3-10-4-8(7)5-11-9-6-12-13-14-9/h2-4,6,11H,5H2,1H3. The van der Waals surface area contributed by atoms with Crippen molar-refractivity contribution in [1.29, 1.82) is 0 Å². The summed E-state index contributed by atoms with van der Waals surface area (Å²) in [6, 6.07) is 2.00. The van der Waals surface area contributed by atoms with Gasteiger partial charge < -0.3 is 5.32 Å². The van der Waals surface area contributed by atoms with Crippen molar-refractivity contribution in [3.8, 4) is 0 Å². The van der Waals surface area contributed by atoms with Crippen LogP contribution in [-0.2, 0) is 6.54 Å². The molecule has 0 aliphatic heterocycles. The summed E-state index contributed by atoms with van der Waals surface area (Å²) < 4.78 is 3.77. The fourth-order valence-electron chi connectivity index (χ4n) is 1.11. The van der Waals surface area contributed by atoms with Gasteiger partial charge in [0.2, 0.25) is 0 Å². The van der Waals surface area contributed by atoms with Crippen molar-refractivity contribution < 1.29 is 0 Å². The van der Waals surface area contributed by atoms with Crippen LogP contribution in [0.2, 0.25) is 0 Å². The summed E-state index contributed by atoms with van der Waals surface area (Å²) in [5, 5.41) is 7.96. The minimum atomic E-state index is 0.767. The lowest BCUT2D eigenvalue weighted by Crippen LogP contribution is -2.00. The molecule has 4 nitrogen and oxygen atoms in total. The molecule has 0 aliphatic carbocycles. The van der Waals surface area contributed by atoms with E-state index in [-0.39, 0.29) is 0 Å². The van der Waals surface area contributed by atoms with Gasteiger partial charge in [-0.05, 0) is 24.1 Å². The fraction of sp³-hybridized carbons (Fsp3) is 0.222. The van der Waals surface area contributed by atoms with Crippen LogP contribution >= 0.6 is 11.5 Å². The maximum atomic E-state index is 4.08. The number of aromatic nitrogens is 3. The third-order valence-electron chi connectivity index (χ3n) is 1.96. The summed E-state index contributed by atoms with van der Waals surface area (Å²) in [5.74, 6) is 0. The minimum absolute atomic E-state index is 0.767. The molecule has 0 amide bonds. The molecule has 0 saturated heterocycles. The highest BCUT2D eigenvalue weighted by Gasteiger charge is 1.98. The van der Waals surface area contributed by atoms with Crippen LogP contribution in [0.15, 0.2) is 24.7 Å². The van der Waals surface area contributed by atoms with Gasteiger partial charge in [0.25, 0.3) is 0 Å². The molecule has 0 aromatic carbocycles. The second kappa shape index (κ2) is 4.15. The quantitative estimate of drug-likeness (QED) is 0.832. The molecule has 0 radical (unpaired) electrons. The minimum Gasteiger partial charge on any atom is -0.370 e. The number of hydrogen-bond acceptors (Lipinski definition) is 5. The van der Waals surface area contributed by atoms with E-state index in [0.717, 1.165) is 11.5 Å². The van der Waals surface area contributed by atoms with Gasteiger partial charge in [0.05, 0.1) is 6.20 Å². The van der Waals surface area contributed by atoms with E-state index in [1.807, 2.05) is 12.3 Å². The van der Waals surface area contributed by atoms with Crippen LogP contribution in [0.5, 0.6) is 0 Å². The second-order valence-electron chi connectivity index (χ2n) is 2.94. The molecule has 0 saturated carbocycles. The second-order valence-corrected chi connectivity index (χ2v) is 3.72. The molecular weight excluding hydrogens is 196 g/mol. The van der Waals surface area contributed by atoms with Gasteiger partial charge in [0, 0.05) is 30.5 Å². The lowest BCUT2D eigenvalue weighted by Gasteiger charge is -2.04. The summed E-state index contributed by atoms with van der Waals surface area (Å²) >= 11 is 1.36. The van der Waals surface area contributed by atoms with E-state index in [0.29, 0.717) is 0 Å². The van der Waals surface area contributed by atoms with Crippen LogP contribution in [-0.4, -0.2) is 14.6 Å². The van der Waals surface area contributed by atoms with Crippen molar-refractivity contribution in [1.82, 2.24) is 14.6 Å². The Morgan fingerprint density at radius 1 is 1.43 bits per heavy atom. The third-order valence-corrected chi connectivity index (χ3v) is 2.58. The monoisotopic (exact) mass is 206 g/mol. The molecule has 2 aromatic heterocycles. The molecule has 14 heavy (non-hydrogen) atoms. The van der Waals surface area contributed by atoms with Crippen LogP contribution in [0.25, 0.3) is 0 Å². The maximum Gasteiger partial charge on any atom is 0.130 e. The highest BCUT2D eigenvalue weighted by molar-refractivity contribution is 7.09. The van der Waals surface area contributed by atoms with Crippen molar-refractivity contribution in [3.63, 3.8) is 0 Å². The Morgan fingerprint density at radius 3 is 3.07 bits per heavy atom. The van der Waals surface area contributed by atoms with E-state index in [9.17, 15) is 0 Å². The number of nitrogens with zero attached hydrogens (tertiary/aromatic N) is 3. The molecule has 1 N–H and O–H groups in total. The molecule has 2 aromatic rings. The van der Waals surface area contributed by atoms with Crippen LogP contribution in [0.1, 0.15) is 11.1 Å². The molecule has 0 aliphatic rings. The molecule has 0 spiro atoms. The number of nitrogens with one attached hydrogen (secondary N) is 1. The first-order chi connectivity index (χ1) is 6.86. The number of pyridine rings is 1. The predicted molar refractivity (Wildman–Crippen MR) is 56.2 cm³/mol. The van der Waals surface area contributed by atoms with Crippen LogP contribution in [0.4, 0.5) is 5.00 Å². The highest BCUT2D eigenvalue weighted by Crippen LogP contribution is 2.12. The average Bonchev–Trinajstić information content (AvgIpc) is 2.69. The summed E-state index contributed by atoms with van der Waals surface area (Å²) in [6.45, 7) is 2.84. The van der Waals surface area contributed by atoms with E-state index < -0.39 is 0 Å². The first-order valence-electron chi connectivity index (χ1n) is 4.27. The van der Waals surface area contributed by atoms with Gasteiger partial charge in [-0.15, -0.1) is 5.10 Å². The zero-order chi connectivity index (χ0) is 9.80. The lowest BCUT2D eigenvalue weighted by molar-refractivity contribution is 1.08. The predicted octanol–water partition coefficient (Wildman–Crippen LogP) is 1.85. The lowest BCUT2D eigenvalue weighted by atomic mass is 10.2. The summed E-state index contributed by atoms with van der Waals surface area (Å²) in [6.07, 6.45) is 5.39. The van der Waals surface area contributed by atoms with Gasteiger partial charge in [-0.1, -0.05) is 4.49 Å². The maximum absolute atomic E-state index is 4.08. The Kier molecular flexibility index (Phi) is 2.69.